The van der Waals surface area contributed by atoms with E-state index in [1.165, 1.54) is 30.2 Å². The molecule has 1 amide bonds. The van der Waals surface area contributed by atoms with Crippen LogP contribution >= 0.6 is 11.8 Å². The average molecular weight is 319 g/mol. The van der Waals surface area contributed by atoms with Crippen molar-refractivity contribution in [3.8, 4) is 0 Å². The van der Waals surface area contributed by atoms with Crippen LogP contribution in [0.25, 0.3) is 0 Å². The molecule has 1 aliphatic heterocycles. The van der Waals surface area contributed by atoms with Gasteiger partial charge in [-0.2, -0.15) is 13.2 Å². The number of thioether (sulfide) groups is 1. The van der Waals surface area contributed by atoms with Crippen molar-refractivity contribution in [2.75, 3.05) is 18.6 Å². The maximum absolute atomic E-state index is 12.6. The van der Waals surface area contributed by atoms with Gasteiger partial charge in [0.15, 0.2) is 0 Å². The van der Waals surface area contributed by atoms with Crippen molar-refractivity contribution < 1.29 is 27.5 Å². The van der Waals surface area contributed by atoms with Gasteiger partial charge in [-0.1, -0.05) is 12.1 Å². The smallest absolute Gasteiger partial charge is 0.446 e. The normalized spacial score (nSPS) is 19.0. The van der Waals surface area contributed by atoms with Crippen LogP contribution in [0.3, 0.4) is 0 Å². The monoisotopic (exact) mass is 319 g/mol. The van der Waals surface area contributed by atoms with Crippen molar-refractivity contribution in [3.63, 3.8) is 0 Å². The molecule has 0 bridgehead atoms. The van der Waals surface area contributed by atoms with Crippen molar-refractivity contribution in [3.05, 3.63) is 24.3 Å². The third-order valence-electron chi connectivity index (χ3n) is 3.04. The van der Waals surface area contributed by atoms with E-state index in [0.717, 1.165) is 0 Å². The van der Waals surface area contributed by atoms with E-state index in [9.17, 15) is 22.8 Å². The Morgan fingerprint density at radius 3 is 2.67 bits per heavy atom. The molecule has 0 saturated carbocycles. The summed E-state index contributed by atoms with van der Waals surface area (Å²) in [6.45, 7) is 0.0287. The van der Waals surface area contributed by atoms with Gasteiger partial charge < -0.3 is 9.64 Å². The second kappa shape index (κ2) is 5.97. The fraction of sp³-hybridized carbons (Fsp3) is 0.385. The lowest BCUT2D eigenvalue weighted by Gasteiger charge is -2.20. The largest absolute Gasteiger partial charge is 0.469 e. The molecule has 21 heavy (non-hydrogen) atoms. The summed E-state index contributed by atoms with van der Waals surface area (Å²) in [5.74, 6) is -1.57. The van der Waals surface area contributed by atoms with Crippen molar-refractivity contribution in [1.29, 1.82) is 0 Å². The molecule has 1 saturated heterocycles. The molecule has 8 heteroatoms. The van der Waals surface area contributed by atoms with Crippen LogP contribution in [0.5, 0.6) is 0 Å². The number of para-hydroxylation sites is 1. The predicted octanol–water partition coefficient (Wildman–Crippen LogP) is 2.82. The van der Waals surface area contributed by atoms with Crippen molar-refractivity contribution in [2.45, 2.75) is 16.8 Å². The zero-order chi connectivity index (χ0) is 15.6. The Morgan fingerprint density at radius 2 is 2.05 bits per heavy atom. The number of carbonyl (C=O) groups excluding carboxylic acids is 2. The van der Waals surface area contributed by atoms with E-state index in [0.29, 0.717) is 0 Å². The van der Waals surface area contributed by atoms with Gasteiger partial charge in [-0.05, 0) is 23.9 Å². The first-order valence-electron chi connectivity index (χ1n) is 6.05. The van der Waals surface area contributed by atoms with Crippen LogP contribution in [-0.2, 0) is 14.3 Å². The highest BCUT2D eigenvalue weighted by atomic mass is 32.2. The Hall–Kier alpha value is -1.70. The summed E-state index contributed by atoms with van der Waals surface area (Å²) in [5, 5.41) is 0. The Balaban J connectivity index is 2.26. The van der Waals surface area contributed by atoms with Gasteiger partial charge in [0.2, 0.25) is 5.91 Å². The number of esters is 1. The molecule has 1 fully saturated rings. The molecule has 1 aromatic carbocycles. The molecule has 4 nitrogen and oxygen atoms in total. The number of halogens is 3. The topological polar surface area (TPSA) is 46.6 Å². The summed E-state index contributed by atoms with van der Waals surface area (Å²) < 4.78 is 42.2. The van der Waals surface area contributed by atoms with Crippen LogP contribution in [-0.4, -0.2) is 31.0 Å². The van der Waals surface area contributed by atoms with Crippen LogP contribution in [0, 0.1) is 5.92 Å². The minimum atomic E-state index is -4.44. The molecule has 0 aliphatic carbocycles. The van der Waals surface area contributed by atoms with Crippen molar-refractivity contribution in [2.24, 2.45) is 5.92 Å². The molecule has 114 valence electrons. The first-order chi connectivity index (χ1) is 9.81. The number of anilines is 1. The lowest BCUT2D eigenvalue weighted by molar-refractivity contribution is -0.145. The fourth-order valence-electron chi connectivity index (χ4n) is 2.16. The van der Waals surface area contributed by atoms with Crippen LogP contribution in [0.4, 0.5) is 18.9 Å². The Kier molecular flexibility index (Phi) is 4.46. The van der Waals surface area contributed by atoms with Crippen LogP contribution in [0.1, 0.15) is 6.42 Å². The number of rotatable bonds is 3. The molecule has 1 aromatic rings. The van der Waals surface area contributed by atoms with E-state index in [1.807, 2.05) is 0 Å². The van der Waals surface area contributed by atoms with Gasteiger partial charge in [0, 0.05) is 17.9 Å². The van der Waals surface area contributed by atoms with Crippen LogP contribution < -0.4 is 4.90 Å². The molecule has 0 radical (unpaired) electrons. The van der Waals surface area contributed by atoms with Crippen molar-refractivity contribution >= 4 is 29.3 Å². The summed E-state index contributed by atoms with van der Waals surface area (Å²) in [4.78, 5) is 24.6. The Labute approximate surface area is 123 Å². The van der Waals surface area contributed by atoms with Gasteiger partial charge in [0.05, 0.1) is 18.7 Å². The summed E-state index contributed by atoms with van der Waals surface area (Å²) in [5.41, 5.74) is -4.28. The fourth-order valence-corrected chi connectivity index (χ4v) is 2.83. The second-order valence-corrected chi connectivity index (χ2v) is 5.55. The maximum atomic E-state index is 12.6. The highest BCUT2D eigenvalue weighted by molar-refractivity contribution is 8.00. The van der Waals surface area contributed by atoms with Gasteiger partial charge in [-0.15, -0.1) is 0 Å². The zero-order valence-electron chi connectivity index (χ0n) is 11.0. The summed E-state index contributed by atoms with van der Waals surface area (Å²) >= 11 is -0.278. The van der Waals surface area contributed by atoms with E-state index in [2.05, 4.69) is 4.74 Å². The minimum Gasteiger partial charge on any atom is -0.469 e. The van der Waals surface area contributed by atoms with Gasteiger partial charge in [-0.3, -0.25) is 9.59 Å². The van der Waals surface area contributed by atoms with Gasteiger partial charge in [0.25, 0.3) is 0 Å². The molecule has 1 unspecified atom stereocenters. The summed E-state index contributed by atoms with van der Waals surface area (Å²) in [6, 6.07) is 5.75. The van der Waals surface area contributed by atoms with Crippen molar-refractivity contribution in [1.82, 2.24) is 0 Å². The molecule has 0 aromatic heterocycles. The quantitative estimate of drug-likeness (QED) is 0.635. The SMILES string of the molecule is COC(=O)C1CC(=O)N(c2ccccc2SC(F)(F)F)C1. The Morgan fingerprint density at radius 1 is 1.38 bits per heavy atom. The summed E-state index contributed by atoms with van der Waals surface area (Å²) in [6.07, 6.45) is -0.0578. The van der Waals surface area contributed by atoms with E-state index in [1.54, 1.807) is 6.07 Å². The number of benzene rings is 1. The van der Waals surface area contributed by atoms with E-state index in [-0.39, 0.29) is 41.2 Å². The molecule has 1 heterocycles. The maximum Gasteiger partial charge on any atom is 0.446 e. The van der Waals surface area contributed by atoms with E-state index >= 15 is 0 Å². The highest BCUT2D eigenvalue weighted by Crippen LogP contribution is 2.42. The lowest BCUT2D eigenvalue weighted by Crippen LogP contribution is -2.26. The molecule has 0 N–H and O–H groups in total. The lowest BCUT2D eigenvalue weighted by atomic mass is 10.1. The molecule has 0 spiro atoms. The highest BCUT2D eigenvalue weighted by Gasteiger charge is 2.38. The Bertz CT molecular complexity index is 562. The second-order valence-electron chi connectivity index (χ2n) is 4.44. The molecular weight excluding hydrogens is 307 g/mol. The number of hydrogen-bond acceptors (Lipinski definition) is 4. The van der Waals surface area contributed by atoms with Gasteiger partial charge in [0.1, 0.15) is 0 Å². The van der Waals surface area contributed by atoms with Crippen LogP contribution in [0.2, 0.25) is 0 Å². The molecule has 1 atom stereocenters. The van der Waals surface area contributed by atoms with Gasteiger partial charge >= 0.3 is 11.5 Å². The number of amides is 1. The van der Waals surface area contributed by atoms with Gasteiger partial charge in [-0.25, -0.2) is 0 Å². The van der Waals surface area contributed by atoms with E-state index < -0.39 is 17.4 Å². The number of nitrogens with zero attached hydrogens (tertiary/aromatic N) is 1. The zero-order valence-corrected chi connectivity index (χ0v) is 11.8. The third kappa shape index (κ3) is 3.69. The minimum absolute atomic E-state index is 0.0287. The first-order valence-corrected chi connectivity index (χ1v) is 6.86. The van der Waals surface area contributed by atoms with E-state index in [4.69, 9.17) is 0 Å². The number of alkyl halides is 3. The molecule has 2 rings (SSSR count). The number of methoxy groups -OCH3 is 1. The molecular formula is C13H12F3NO3S. The number of hydrogen-bond donors (Lipinski definition) is 0. The number of ether oxygens (including phenoxy) is 1. The first kappa shape index (κ1) is 15.7. The van der Waals surface area contributed by atoms with Crippen LogP contribution in [0.15, 0.2) is 29.2 Å². The third-order valence-corrected chi connectivity index (χ3v) is 3.84. The summed E-state index contributed by atoms with van der Waals surface area (Å²) in [7, 11) is 1.21. The molecule has 1 aliphatic rings. The number of carbonyl (C=O) groups is 2. The predicted molar refractivity (Wildman–Crippen MR) is 70.8 cm³/mol. The standard InChI is InChI=1S/C13H12F3NO3S/c1-20-12(19)8-6-11(18)17(7-8)9-4-2-3-5-10(9)21-13(14,15)16/h2-5,8H,6-7H2,1H3. The average Bonchev–Trinajstić information content (AvgIpc) is 2.79.